The Morgan fingerprint density at radius 1 is 0.579 bits per heavy atom. The molecule has 0 radical (unpaired) electrons. The highest BCUT2D eigenvalue weighted by atomic mass is 16.6. The Labute approximate surface area is 225 Å². The van der Waals surface area contributed by atoms with Crippen molar-refractivity contribution in [2.45, 2.75) is 12.8 Å². The molecule has 2 rings (SSSR count). The number of ether oxygens (including phenoxy) is 8. The minimum Gasteiger partial charge on any atom is -0.504 e. The summed E-state index contributed by atoms with van der Waals surface area (Å²) in [5.41, 5.74) is 2.13. The maximum atomic E-state index is 10.4. The van der Waals surface area contributed by atoms with Crippen LogP contribution in [-0.4, -0.2) is 104 Å². The van der Waals surface area contributed by atoms with Crippen LogP contribution < -0.4 is 14.2 Å². The van der Waals surface area contributed by atoms with Crippen LogP contribution >= 0.6 is 0 Å². The highest BCUT2D eigenvalue weighted by Crippen LogP contribution is 2.38. The van der Waals surface area contributed by atoms with Gasteiger partial charge in [0.05, 0.1) is 86.9 Å². The van der Waals surface area contributed by atoms with Gasteiger partial charge in [0.1, 0.15) is 12.4 Å². The van der Waals surface area contributed by atoms with Crippen molar-refractivity contribution in [3.05, 3.63) is 47.5 Å². The van der Waals surface area contributed by atoms with Crippen LogP contribution in [0.15, 0.2) is 36.4 Å². The minimum absolute atomic E-state index is 0.0181. The van der Waals surface area contributed by atoms with Gasteiger partial charge in [-0.3, -0.25) is 0 Å². The smallest absolute Gasteiger partial charge is 0.203 e. The number of hydrogen-bond acceptors (Lipinski definition) is 10. The summed E-state index contributed by atoms with van der Waals surface area (Å²) in [6.07, 6.45) is 1.56. The molecule has 0 saturated carbocycles. The summed E-state index contributed by atoms with van der Waals surface area (Å²) >= 11 is 0. The molecule has 0 aliphatic rings. The normalized spacial score (nSPS) is 11.0. The molecule has 0 heterocycles. The van der Waals surface area contributed by atoms with Gasteiger partial charge in [0.2, 0.25) is 5.75 Å². The highest BCUT2D eigenvalue weighted by Gasteiger charge is 2.13. The van der Waals surface area contributed by atoms with Gasteiger partial charge in [-0.2, -0.15) is 0 Å². The van der Waals surface area contributed by atoms with E-state index in [-0.39, 0.29) is 12.4 Å². The largest absolute Gasteiger partial charge is 0.504 e. The van der Waals surface area contributed by atoms with Crippen LogP contribution in [0, 0.1) is 0 Å². The summed E-state index contributed by atoms with van der Waals surface area (Å²) in [5.74, 6) is 1.66. The van der Waals surface area contributed by atoms with Gasteiger partial charge < -0.3 is 48.1 Å². The van der Waals surface area contributed by atoms with E-state index in [9.17, 15) is 5.11 Å². The van der Waals surface area contributed by atoms with Gasteiger partial charge in [0.25, 0.3) is 0 Å². The third-order valence-corrected chi connectivity index (χ3v) is 5.37. The van der Waals surface area contributed by atoms with Gasteiger partial charge in [0, 0.05) is 0 Å². The summed E-state index contributed by atoms with van der Waals surface area (Å²) in [6.45, 7) is 4.78. The Bertz CT molecular complexity index is 859. The SMILES string of the molecule is COc1ccc(CCc2cc(O)c(OC)c(OCCOCCOCCOCCOCCOCCO)c2)cc1. The van der Waals surface area contributed by atoms with E-state index in [1.807, 2.05) is 30.3 Å². The lowest BCUT2D eigenvalue weighted by Crippen LogP contribution is -2.14. The number of benzene rings is 2. The van der Waals surface area contributed by atoms with E-state index in [0.717, 1.165) is 24.2 Å². The van der Waals surface area contributed by atoms with Crippen molar-refractivity contribution < 1.29 is 48.1 Å². The lowest BCUT2D eigenvalue weighted by Gasteiger charge is -2.14. The van der Waals surface area contributed by atoms with Crippen molar-refractivity contribution in [3.63, 3.8) is 0 Å². The van der Waals surface area contributed by atoms with Crippen LogP contribution in [0.25, 0.3) is 0 Å². The van der Waals surface area contributed by atoms with Crippen molar-refractivity contribution in [1.82, 2.24) is 0 Å². The fourth-order valence-corrected chi connectivity index (χ4v) is 3.44. The topological polar surface area (TPSA) is 114 Å². The number of phenols is 1. The maximum Gasteiger partial charge on any atom is 0.203 e. The molecule has 0 aliphatic carbocycles. The Balaban J connectivity index is 1.55. The van der Waals surface area contributed by atoms with Crippen molar-refractivity contribution in [3.8, 4) is 23.0 Å². The van der Waals surface area contributed by atoms with Crippen LogP contribution in [0.3, 0.4) is 0 Å². The zero-order valence-corrected chi connectivity index (χ0v) is 22.5. The molecule has 0 fully saturated rings. The Hall–Kier alpha value is -2.60. The van der Waals surface area contributed by atoms with E-state index >= 15 is 0 Å². The highest BCUT2D eigenvalue weighted by molar-refractivity contribution is 5.53. The third-order valence-electron chi connectivity index (χ3n) is 5.37. The molecule has 0 atom stereocenters. The quantitative estimate of drug-likeness (QED) is 0.205. The zero-order chi connectivity index (χ0) is 27.3. The summed E-state index contributed by atoms with van der Waals surface area (Å²) in [5, 5.41) is 19.0. The summed E-state index contributed by atoms with van der Waals surface area (Å²) in [7, 11) is 3.15. The molecule has 214 valence electrons. The van der Waals surface area contributed by atoms with E-state index in [1.54, 1.807) is 13.2 Å². The molecule has 0 saturated heterocycles. The first-order valence-corrected chi connectivity index (χ1v) is 12.8. The van der Waals surface area contributed by atoms with Gasteiger partial charge in [0.15, 0.2) is 11.5 Å². The predicted octanol–water partition coefficient (Wildman–Crippen LogP) is 2.65. The molecule has 0 spiro atoms. The Kier molecular flexibility index (Phi) is 17.0. The van der Waals surface area contributed by atoms with Crippen molar-refractivity contribution in [2.24, 2.45) is 0 Å². The number of rotatable bonds is 23. The first-order chi connectivity index (χ1) is 18.7. The average molecular weight is 539 g/mol. The van der Waals surface area contributed by atoms with Gasteiger partial charge in [-0.1, -0.05) is 12.1 Å². The fraction of sp³-hybridized carbons (Fsp3) is 0.571. The van der Waals surface area contributed by atoms with Gasteiger partial charge in [-0.05, 0) is 48.2 Å². The summed E-state index contributed by atoms with van der Waals surface area (Å²) in [4.78, 5) is 0. The first kappa shape index (κ1) is 31.6. The molecule has 38 heavy (non-hydrogen) atoms. The summed E-state index contributed by atoms with van der Waals surface area (Å²) in [6, 6.07) is 11.5. The van der Waals surface area contributed by atoms with Crippen molar-refractivity contribution in [1.29, 1.82) is 0 Å². The van der Waals surface area contributed by atoms with Crippen LogP contribution in [0.1, 0.15) is 11.1 Å². The van der Waals surface area contributed by atoms with Gasteiger partial charge in [-0.25, -0.2) is 0 Å². The number of hydrogen-bond donors (Lipinski definition) is 2. The molecule has 2 aromatic rings. The summed E-state index contributed by atoms with van der Waals surface area (Å²) < 4.78 is 43.2. The molecule has 10 heteroatoms. The Morgan fingerprint density at radius 2 is 1.08 bits per heavy atom. The van der Waals surface area contributed by atoms with E-state index in [2.05, 4.69) is 0 Å². The fourth-order valence-electron chi connectivity index (χ4n) is 3.44. The number of aliphatic hydroxyl groups excluding tert-OH is 1. The maximum absolute atomic E-state index is 10.4. The zero-order valence-electron chi connectivity index (χ0n) is 22.5. The van der Waals surface area contributed by atoms with Gasteiger partial charge in [-0.15, -0.1) is 0 Å². The van der Waals surface area contributed by atoms with E-state index < -0.39 is 0 Å². The molecule has 0 aliphatic heterocycles. The lowest BCUT2D eigenvalue weighted by atomic mass is 10.0. The van der Waals surface area contributed by atoms with Gasteiger partial charge >= 0.3 is 0 Å². The second-order valence-corrected chi connectivity index (χ2v) is 8.13. The standard InChI is InChI=1S/C28H42O10/c1-31-25-7-5-23(6-8-25)3-4-24-21-26(30)28(32-2)27(22-24)38-20-19-37-18-17-36-16-15-35-14-13-34-12-11-33-10-9-29/h5-8,21-22,29-30H,3-4,9-20H2,1-2H3. The Morgan fingerprint density at radius 3 is 1.58 bits per heavy atom. The molecular formula is C28H42O10. The molecule has 0 bridgehead atoms. The minimum atomic E-state index is 0.0181. The van der Waals surface area contributed by atoms with Crippen LogP contribution in [0.4, 0.5) is 0 Å². The second-order valence-electron chi connectivity index (χ2n) is 8.13. The van der Waals surface area contributed by atoms with Crippen molar-refractivity contribution >= 4 is 0 Å². The lowest BCUT2D eigenvalue weighted by molar-refractivity contribution is -0.0147. The molecule has 0 aromatic heterocycles. The van der Waals surface area contributed by atoms with E-state index in [0.29, 0.717) is 84.2 Å². The molecule has 2 N–H and O–H groups in total. The second kappa shape index (κ2) is 20.4. The molecule has 10 nitrogen and oxygen atoms in total. The van der Waals surface area contributed by atoms with Crippen LogP contribution in [0.2, 0.25) is 0 Å². The number of aliphatic hydroxyl groups is 1. The molecule has 0 unspecified atom stereocenters. The van der Waals surface area contributed by atoms with Crippen LogP contribution in [-0.2, 0) is 36.5 Å². The third kappa shape index (κ3) is 13.3. The number of aryl methyl sites for hydroxylation is 2. The van der Waals surface area contributed by atoms with E-state index in [4.69, 9.17) is 43.0 Å². The molecule has 2 aromatic carbocycles. The van der Waals surface area contributed by atoms with Crippen molar-refractivity contribution in [2.75, 3.05) is 93.5 Å². The number of phenolic OH excluding ortho intramolecular Hbond substituents is 1. The molecule has 0 amide bonds. The van der Waals surface area contributed by atoms with Crippen LogP contribution in [0.5, 0.6) is 23.0 Å². The monoisotopic (exact) mass is 538 g/mol. The predicted molar refractivity (Wildman–Crippen MR) is 142 cm³/mol. The molecular weight excluding hydrogens is 496 g/mol. The first-order valence-electron chi connectivity index (χ1n) is 12.8. The number of methoxy groups -OCH3 is 2. The average Bonchev–Trinajstić information content (AvgIpc) is 2.93. The van der Waals surface area contributed by atoms with E-state index in [1.165, 1.54) is 12.7 Å². The number of aromatic hydroxyl groups is 1.